The molecule has 24 nitrogen and oxygen atoms in total. The first-order chi connectivity index (χ1) is 35.6. The van der Waals surface area contributed by atoms with Crippen LogP contribution in [0.25, 0.3) is 0 Å². The Balaban J connectivity index is 2.38. The van der Waals surface area contributed by atoms with E-state index in [-0.39, 0.29) is 56.1 Å². The van der Waals surface area contributed by atoms with Crippen molar-refractivity contribution in [2.45, 2.75) is 182 Å². The molecule has 0 bridgehead atoms. The average Bonchev–Trinajstić information content (AvgIpc) is 3.87. The molecule has 0 saturated carbocycles. The molecule has 15 N–H and O–H groups in total. The number of hydrogen-bond acceptors (Lipinski definition) is 13. The molecule has 0 radical (unpaired) electrons. The van der Waals surface area contributed by atoms with Gasteiger partial charge in [-0.15, -0.1) is 0 Å². The van der Waals surface area contributed by atoms with E-state index >= 15 is 0 Å². The van der Waals surface area contributed by atoms with Crippen molar-refractivity contribution in [3.8, 4) is 5.75 Å². The van der Waals surface area contributed by atoms with Crippen LogP contribution in [0.15, 0.2) is 36.8 Å². The van der Waals surface area contributed by atoms with Crippen LogP contribution in [0.3, 0.4) is 0 Å². The average molecular weight is 1070 g/mol. The lowest BCUT2D eigenvalue weighted by Gasteiger charge is -2.31. The molecule has 24 heteroatoms. The summed E-state index contributed by atoms with van der Waals surface area (Å²) in [7, 11) is 0. The molecular formula is C52H84N12O12. The zero-order chi connectivity index (χ0) is 57.6. The summed E-state index contributed by atoms with van der Waals surface area (Å²) in [6, 6.07) is -5.09. The van der Waals surface area contributed by atoms with Crippen LogP contribution in [0.5, 0.6) is 5.75 Å². The Kier molecular flexibility index (Phi) is 27.1. The van der Waals surface area contributed by atoms with E-state index in [1.54, 1.807) is 60.6 Å². The Morgan fingerprint density at radius 3 is 1.46 bits per heavy atom. The molecule has 1 heterocycles. The number of nitrogens with one attached hydrogen (secondary N) is 9. The highest BCUT2D eigenvalue weighted by Crippen LogP contribution is 2.16. The van der Waals surface area contributed by atoms with Crippen LogP contribution in [0.4, 0.5) is 0 Å². The zero-order valence-electron chi connectivity index (χ0n) is 45.8. The minimum absolute atomic E-state index is 0.0498. The molecule has 0 unspecified atom stereocenters. The van der Waals surface area contributed by atoms with E-state index in [1.165, 1.54) is 31.6 Å². The fourth-order valence-corrected chi connectivity index (χ4v) is 7.92. The number of aromatic hydroxyl groups is 1. The second kappa shape index (κ2) is 31.7. The molecule has 0 aliphatic rings. The fourth-order valence-electron chi connectivity index (χ4n) is 7.92. The van der Waals surface area contributed by atoms with Crippen molar-refractivity contribution in [1.82, 2.24) is 52.5 Å². The summed E-state index contributed by atoms with van der Waals surface area (Å²) < 4.78 is 0. The van der Waals surface area contributed by atoms with Crippen LogP contribution in [-0.4, -0.2) is 134 Å². The van der Waals surface area contributed by atoms with Gasteiger partial charge in [0.25, 0.3) is 0 Å². The first-order valence-corrected chi connectivity index (χ1v) is 26.0. The van der Waals surface area contributed by atoms with Gasteiger partial charge in [0.15, 0.2) is 0 Å². The number of aromatic amines is 1. The van der Waals surface area contributed by atoms with Gasteiger partial charge in [0.2, 0.25) is 53.2 Å². The standard InChI is InChI=1S/C52H84N12O12/c1-12-29(9)42(63-45(68)35(53)22-32-14-16-34(65)17-15-32)50(73)60-38(21-27(5)6)49(72)64-43(30(10)13-2)51(74)61-39(23-33-24-55-25-56-33)47(70)58-36(18-19-40(54)66)46(69)57-31(11)44(67)59-37(20-26(3)4)48(71)62-41(28(7)8)52(75)76/h14-17,24-31,35-39,41-43,65H,12-13,18-23,53H2,1-11H3,(H2,54,66)(H,55,56)(H,57,69)(H,58,70)(H,59,67)(H,60,73)(H,61,74)(H,62,71)(H,63,68)(H,64,72)(H,75,76)/t29-,30-,31-,35-,36-,37-,38-,39-,41-,42-,43-/m0/s1. The fraction of sp³-hybridized carbons (Fsp3) is 0.635. The molecule has 1 aromatic carbocycles. The second-order valence-corrected chi connectivity index (χ2v) is 20.8. The quantitative estimate of drug-likeness (QED) is 0.0458. The highest BCUT2D eigenvalue weighted by Gasteiger charge is 2.37. The molecule has 0 aliphatic carbocycles. The van der Waals surface area contributed by atoms with Gasteiger partial charge in [-0.05, 0) is 79.9 Å². The number of amides is 9. The maximum absolute atomic E-state index is 14.4. The Morgan fingerprint density at radius 2 is 1.01 bits per heavy atom. The van der Waals surface area contributed by atoms with E-state index < -0.39 is 131 Å². The minimum Gasteiger partial charge on any atom is -0.508 e. The first-order valence-electron chi connectivity index (χ1n) is 26.0. The third-order valence-electron chi connectivity index (χ3n) is 12.9. The number of H-pyrrole nitrogens is 1. The largest absolute Gasteiger partial charge is 0.508 e. The van der Waals surface area contributed by atoms with Crippen LogP contribution in [0.1, 0.15) is 126 Å². The smallest absolute Gasteiger partial charge is 0.326 e. The highest BCUT2D eigenvalue weighted by molar-refractivity contribution is 5.98. The summed E-state index contributed by atoms with van der Waals surface area (Å²) in [5.74, 6) is -9.84. The number of primary amides is 1. The van der Waals surface area contributed by atoms with Crippen LogP contribution in [-0.2, 0) is 60.8 Å². The molecule has 424 valence electrons. The van der Waals surface area contributed by atoms with E-state index in [1.807, 2.05) is 20.8 Å². The summed E-state index contributed by atoms with van der Waals surface area (Å²) >= 11 is 0. The number of aromatic nitrogens is 2. The Hall–Kier alpha value is -7.11. The molecule has 0 fully saturated rings. The number of carboxylic acids is 1. The summed E-state index contributed by atoms with van der Waals surface area (Å²) in [4.78, 5) is 142. The van der Waals surface area contributed by atoms with Crippen LogP contribution in [0, 0.1) is 29.6 Å². The molecule has 2 aromatic rings. The predicted molar refractivity (Wildman–Crippen MR) is 282 cm³/mol. The third kappa shape index (κ3) is 22.0. The number of phenols is 1. The minimum atomic E-state index is -1.50. The van der Waals surface area contributed by atoms with Crippen molar-refractivity contribution in [2.24, 2.45) is 41.1 Å². The zero-order valence-corrected chi connectivity index (χ0v) is 45.8. The Morgan fingerprint density at radius 1 is 0.566 bits per heavy atom. The molecule has 1 aromatic heterocycles. The Labute approximate surface area is 445 Å². The maximum atomic E-state index is 14.4. The van der Waals surface area contributed by atoms with Crippen molar-refractivity contribution < 1.29 is 58.2 Å². The molecule has 0 saturated heterocycles. The molecular weight excluding hydrogens is 985 g/mol. The first kappa shape index (κ1) is 65.0. The molecule has 76 heavy (non-hydrogen) atoms. The number of aliphatic carboxylic acids is 1. The van der Waals surface area contributed by atoms with Crippen molar-refractivity contribution in [3.05, 3.63) is 48.0 Å². The number of carboxylic acid groups (broad SMARTS) is 1. The summed E-state index contributed by atoms with van der Waals surface area (Å²) in [6.45, 7) is 18.9. The number of carbonyl (C=O) groups excluding carboxylic acids is 9. The van der Waals surface area contributed by atoms with Crippen molar-refractivity contribution in [1.29, 1.82) is 0 Å². The summed E-state index contributed by atoms with van der Waals surface area (Å²) in [5.41, 5.74) is 12.8. The molecule has 2 rings (SSSR count). The van der Waals surface area contributed by atoms with Gasteiger partial charge in [0, 0.05) is 24.7 Å². The van der Waals surface area contributed by atoms with Gasteiger partial charge >= 0.3 is 5.97 Å². The highest BCUT2D eigenvalue weighted by atomic mass is 16.4. The summed E-state index contributed by atoms with van der Waals surface area (Å²) in [5, 5.41) is 40.4. The van der Waals surface area contributed by atoms with Crippen molar-refractivity contribution in [2.75, 3.05) is 0 Å². The molecule has 11 atom stereocenters. The lowest BCUT2D eigenvalue weighted by Crippen LogP contribution is -2.62. The van der Waals surface area contributed by atoms with Gasteiger partial charge in [-0.2, -0.15) is 0 Å². The van der Waals surface area contributed by atoms with Crippen molar-refractivity contribution >= 4 is 59.1 Å². The van der Waals surface area contributed by atoms with Gasteiger partial charge in [-0.25, -0.2) is 9.78 Å². The number of imidazole rings is 1. The lowest BCUT2D eigenvalue weighted by atomic mass is 9.95. The van der Waals surface area contributed by atoms with E-state index in [0.717, 1.165) is 0 Å². The topological polar surface area (TPSA) is 388 Å². The maximum Gasteiger partial charge on any atom is 0.326 e. The normalized spacial score (nSPS) is 15.7. The van der Waals surface area contributed by atoms with Crippen LogP contribution < -0.4 is 54.0 Å². The Bertz CT molecular complexity index is 2260. The number of nitrogens with two attached hydrogens (primary N) is 2. The number of phenolic OH excluding ortho intramolecular Hbond substituents is 1. The predicted octanol–water partition coefficient (Wildman–Crippen LogP) is 0.317. The van der Waals surface area contributed by atoms with E-state index in [4.69, 9.17) is 11.5 Å². The van der Waals surface area contributed by atoms with Gasteiger partial charge in [-0.3, -0.25) is 43.2 Å². The van der Waals surface area contributed by atoms with Crippen LogP contribution in [0.2, 0.25) is 0 Å². The summed E-state index contributed by atoms with van der Waals surface area (Å²) in [6.07, 6.45) is 3.06. The van der Waals surface area contributed by atoms with E-state index in [0.29, 0.717) is 24.1 Å². The van der Waals surface area contributed by atoms with Gasteiger partial charge in [0.1, 0.15) is 54.1 Å². The van der Waals surface area contributed by atoms with Crippen LogP contribution >= 0.6 is 0 Å². The van der Waals surface area contributed by atoms with Crippen molar-refractivity contribution in [3.63, 3.8) is 0 Å². The number of nitrogens with zero attached hydrogens (tertiary/aromatic N) is 1. The molecule has 9 amide bonds. The number of benzene rings is 1. The van der Waals surface area contributed by atoms with Gasteiger partial charge in [0.05, 0.1) is 12.4 Å². The SMILES string of the molecule is CC[C@H](C)[C@H](NC(=O)[C@H](CC(C)C)NC(=O)[C@@H](NC(=O)[C@@H](N)Cc1ccc(O)cc1)[C@@H](C)CC)C(=O)N[C@@H](Cc1cnc[nH]1)C(=O)N[C@@H](CCC(N)=O)C(=O)N[C@@H](C)C(=O)N[C@@H](CC(C)C)C(=O)N[C@H](C(=O)O)C(C)C. The second-order valence-electron chi connectivity index (χ2n) is 20.8. The number of hydrogen-bond donors (Lipinski definition) is 13. The van der Waals surface area contributed by atoms with Gasteiger partial charge < -0.3 is 69.2 Å². The number of carbonyl (C=O) groups is 10. The molecule has 0 aliphatic heterocycles. The third-order valence-corrected chi connectivity index (χ3v) is 12.9. The number of rotatable bonds is 33. The molecule has 0 spiro atoms. The van der Waals surface area contributed by atoms with E-state index in [2.05, 4.69) is 52.5 Å². The van der Waals surface area contributed by atoms with E-state index in [9.17, 15) is 58.2 Å². The van der Waals surface area contributed by atoms with Gasteiger partial charge in [-0.1, -0.05) is 94.2 Å². The monoisotopic (exact) mass is 1070 g/mol. The lowest BCUT2D eigenvalue weighted by molar-refractivity contribution is -0.143.